The monoisotopic (exact) mass is 267 g/mol. The minimum absolute atomic E-state index is 0.247. The summed E-state index contributed by atoms with van der Waals surface area (Å²) in [4.78, 5) is 0. The van der Waals surface area contributed by atoms with Crippen molar-refractivity contribution in [2.24, 2.45) is 5.73 Å². The number of ether oxygens (including phenoxy) is 1. The zero-order chi connectivity index (χ0) is 13.3. The molecule has 3 heteroatoms. The number of aryl methyl sites for hydroxylation is 1. The van der Waals surface area contributed by atoms with E-state index in [1.54, 1.807) is 7.11 Å². The lowest BCUT2D eigenvalue weighted by Crippen LogP contribution is -2.39. The Morgan fingerprint density at radius 1 is 1.22 bits per heavy atom. The average Bonchev–Trinajstić information content (AvgIpc) is 2.34. The van der Waals surface area contributed by atoms with Crippen molar-refractivity contribution >= 4 is 11.6 Å². The van der Waals surface area contributed by atoms with Crippen LogP contribution in [0, 0.1) is 13.8 Å². The lowest BCUT2D eigenvalue weighted by atomic mass is 9.75. The molecule has 0 bridgehead atoms. The van der Waals surface area contributed by atoms with Crippen molar-refractivity contribution < 1.29 is 4.74 Å². The van der Waals surface area contributed by atoms with E-state index >= 15 is 0 Å². The molecule has 1 aliphatic carbocycles. The quantitative estimate of drug-likeness (QED) is 0.876. The van der Waals surface area contributed by atoms with Crippen LogP contribution in [0.5, 0.6) is 5.75 Å². The Bertz CT molecular complexity index is 450. The Kier molecular flexibility index (Phi) is 3.88. The lowest BCUT2D eigenvalue weighted by molar-refractivity contribution is 0.287. The second kappa shape index (κ2) is 5.10. The largest absolute Gasteiger partial charge is 0.496 e. The molecule has 0 heterocycles. The summed E-state index contributed by atoms with van der Waals surface area (Å²) in [6.07, 6.45) is 5.74. The van der Waals surface area contributed by atoms with Gasteiger partial charge in [0.1, 0.15) is 5.75 Å². The molecule has 1 aromatic carbocycles. The third-order valence-electron chi connectivity index (χ3n) is 4.11. The second-order valence-corrected chi connectivity index (χ2v) is 5.83. The van der Waals surface area contributed by atoms with Crippen molar-refractivity contribution in [2.75, 3.05) is 7.11 Å². The summed E-state index contributed by atoms with van der Waals surface area (Å²) < 4.78 is 5.59. The highest BCUT2D eigenvalue weighted by molar-refractivity contribution is 6.31. The van der Waals surface area contributed by atoms with Gasteiger partial charge in [-0.2, -0.15) is 0 Å². The molecule has 0 amide bonds. The number of rotatable bonds is 2. The molecule has 0 spiro atoms. The number of hydrogen-bond acceptors (Lipinski definition) is 2. The number of halogens is 1. The molecule has 2 nitrogen and oxygen atoms in total. The van der Waals surface area contributed by atoms with Gasteiger partial charge in [0.25, 0.3) is 0 Å². The lowest BCUT2D eigenvalue weighted by Gasteiger charge is -2.36. The summed E-state index contributed by atoms with van der Waals surface area (Å²) in [6.45, 7) is 4.07. The smallest absolute Gasteiger partial charge is 0.128 e. The fraction of sp³-hybridized carbons (Fsp3) is 0.600. The van der Waals surface area contributed by atoms with E-state index in [0.29, 0.717) is 0 Å². The fourth-order valence-corrected chi connectivity index (χ4v) is 3.40. The van der Waals surface area contributed by atoms with E-state index in [-0.39, 0.29) is 5.54 Å². The third-order valence-corrected chi connectivity index (χ3v) is 4.50. The summed E-state index contributed by atoms with van der Waals surface area (Å²) in [6, 6.07) is 2.01. The summed E-state index contributed by atoms with van der Waals surface area (Å²) in [5, 5.41) is 0.757. The topological polar surface area (TPSA) is 35.2 Å². The van der Waals surface area contributed by atoms with E-state index in [2.05, 4.69) is 6.92 Å². The van der Waals surface area contributed by atoms with Gasteiger partial charge in [-0.1, -0.05) is 30.9 Å². The fourth-order valence-electron chi connectivity index (χ4n) is 3.15. The Balaban J connectivity index is 2.58. The van der Waals surface area contributed by atoms with Crippen LogP contribution in [0.2, 0.25) is 5.02 Å². The molecule has 0 atom stereocenters. The van der Waals surface area contributed by atoms with Crippen molar-refractivity contribution in [3.63, 3.8) is 0 Å². The molecule has 1 aromatic rings. The highest BCUT2D eigenvalue weighted by Gasteiger charge is 2.34. The Labute approximate surface area is 114 Å². The van der Waals surface area contributed by atoms with Crippen LogP contribution >= 0.6 is 11.6 Å². The molecular weight excluding hydrogens is 246 g/mol. The van der Waals surface area contributed by atoms with Gasteiger partial charge < -0.3 is 10.5 Å². The minimum atomic E-state index is -0.247. The van der Waals surface area contributed by atoms with Gasteiger partial charge in [0.15, 0.2) is 0 Å². The van der Waals surface area contributed by atoms with Crippen LogP contribution in [-0.4, -0.2) is 7.11 Å². The molecule has 2 rings (SSSR count). The minimum Gasteiger partial charge on any atom is -0.496 e. The molecule has 1 saturated carbocycles. The molecule has 100 valence electrons. The van der Waals surface area contributed by atoms with Crippen LogP contribution in [0.25, 0.3) is 0 Å². The van der Waals surface area contributed by atoms with Crippen LogP contribution in [0.3, 0.4) is 0 Å². The standard InChI is InChI=1S/C15H22ClNO/c1-10-9-12(16)11(2)14(18-3)13(10)15(17)7-5-4-6-8-15/h9H,4-8,17H2,1-3H3. The van der Waals surface area contributed by atoms with Gasteiger partial charge in [-0.15, -0.1) is 0 Å². The second-order valence-electron chi connectivity index (χ2n) is 5.43. The molecular formula is C15H22ClNO. The molecule has 18 heavy (non-hydrogen) atoms. The molecule has 2 N–H and O–H groups in total. The van der Waals surface area contributed by atoms with Gasteiger partial charge >= 0.3 is 0 Å². The maximum atomic E-state index is 6.65. The molecule has 0 aliphatic heterocycles. The first kappa shape index (κ1) is 13.7. The maximum Gasteiger partial charge on any atom is 0.128 e. The molecule has 0 unspecified atom stereocenters. The van der Waals surface area contributed by atoms with Gasteiger partial charge in [0.2, 0.25) is 0 Å². The van der Waals surface area contributed by atoms with Crippen LogP contribution in [0.15, 0.2) is 6.07 Å². The first-order chi connectivity index (χ1) is 8.49. The third kappa shape index (κ3) is 2.24. The SMILES string of the molecule is COc1c(C)c(Cl)cc(C)c1C1(N)CCCCC1. The number of methoxy groups -OCH3 is 1. The highest BCUT2D eigenvalue weighted by atomic mass is 35.5. The van der Waals surface area contributed by atoms with Gasteiger partial charge in [0.05, 0.1) is 7.11 Å². The van der Waals surface area contributed by atoms with Crippen LogP contribution < -0.4 is 10.5 Å². The summed E-state index contributed by atoms with van der Waals surface area (Å²) in [5.74, 6) is 0.879. The zero-order valence-electron chi connectivity index (χ0n) is 11.5. The molecule has 0 aromatic heterocycles. The van der Waals surface area contributed by atoms with E-state index < -0.39 is 0 Å². The number of nitrogens with two attached hydrogens (primary N) is 1. The Morgan fingerprint density at radius 2 is 1.83 bits per heavy atom. The number of benzene rings is 1. The van der Waals surface area contributed by atoms with Crippen molar-refractivity contribution in [3.05, 3.63) is 27.8 Å². The van der Waals surface area contributed by atoms with Crippen molar-refractivity contribution in [2.45, 2.75) is 51.5 Å². The van der Waals surface area contributed by atoms with Gasteiger partial charge in [-0.3, -0.25) is 0 Å². The van der Waals surface area contributed by atoms with Gasteiger partial charge in [-0.05, 0) is 38.3 Å². The summed E-state index contributed by atoms with van der Waals surface area (Å²) >= 11 is 6.23. The first-order valence-electron chi connectivity index (χ1n) is 6.62. The predicted molar refractivity (Wildman–Crippen MR) is 76.4 cm³/mol. The maximum absolute atomic E-state index is 6.65. The van der Waals surface area contributed by atoms with Crippen LogP contribution in [0.1, 0.15) is 48.8 Å². The van der Waals surface area contributed by atoms with Crippen molar-refractivity contribution in [1.82, 2.24) is 0 Å². The van der Waals surface area contributed by atoms with E-state index in [0.717, 1.165) is 40.3 Å². The van der Waals surface area contributed by atoms with Crippen LogP contribution in [0.4, 0.5) is 0 Å². The van der Waals surface area contributed by atoms with E-state index in [1.165, 1.54) is 19.3 Å². The number of hydrogen-bond donors (Lipinski definition) is 1. The Morgan fingerprint density at radius 3 is 2.39 bits per heavy atom. The average molecular weight is 268 g/mol. The van der Waals surface area contributed by atoms with Gasteiger partial charge in [0, 0.05) is 21.7 Å². The summed E-state index contributed by atoms with van der Waals surface area (Å²) in [7, 11) is 1.70. The van der Waals surface area contributed by atoms with E-state index in [4.69, 9.17) is 22.1 Å². The predicted octanol–water partition coefficient (Wildman–Crippen LogP) is 4.08. The van der Waals surface area contributed by atoms with Crippen LogP contribution in [-0.2, 0) is 5.54 Å². The van der Waals surface area contributed by atoms with Gasteiger partial charge in [-0.25, -0.2) is 0 Å². The molecule has 1 fully saturated rings. The van der Waals surface area contributed by atoms with Crippen molar-refractivity contribution in [1.29, 1.82) is 0 Å². The highest BCUT2D eigenvalue weighted by Crippen LogP contribution is 2.44. The normalized spacial score (nSPS) is 18.7. The molecule has 0 radical (unpaired) electrons. The molecule has 1 aliphatic rings. The first-order valence-corrected chi connectivity index (χ1v) is 7.00. The van der Waals surface area contributed by atoms with Crippen molar-refractivity contribution in [3.8, 4) is 5.75 Å². The van der Waals surface area contributed by atoms with E-state index in [9.17, 15) is 0 Å². The molecule has 0 saturated heterocycles. The Hall–Kier alpha value is -0.730. The summed E-state index contributed by atoms with van der Waals surface area (Å²) in [5.41, 5.74) is 9.71. The zero-order valence-corrected chi connectivity index (χ0v) is 12.2. The van der Waals surface area contributed by atoms with E-state index in [1.807, 2.05) is 13.0 Å².